The van der Waals surface area contributed by atoms with Crippen LogP contribution in [0.1, 0.15) is 22.8 Å². The second-order valence-electron chi connectivity index (χ2n) is 5.79. The summed E-state index contributed by atoms with van der Waals surface area (Å²) in [7, 11) is 1.95. The Bertz CT molecular complexity index is 840. The Hall–Kier alpha value is -2.10. The Morgan fingerprint density at radius 3 is 2.65 bits per heavy atom. The number of nitrogens with zero attached hydrogens (tertiary/aromatic N) is 1. The lowest BCUT2D eigenvalue weighted by Crippen LogP contribution is -2.35. The molecule has 0 fully saturated rings. The van der Waals surface area contributed by atoms with Crippen molar-refractivity contribution in [3.8, 4) is 0 Å². The number of carbonyl (C=O) groups excluding carboxylic acids is 1. The predicted molar refractivity (Wildman–Crippen MR) is 95.0 cm³/mol. The molecule has 0 unspecified atom stereocenters. The highest BCUT2D eigenvalue weighted by Gasteiger charge is 2.22. The first-order chi connectivity index (χ1) is 11.1. The summed E-state index contributed by atoms with van der Waals surface area (Å²) in [6.45, 7) is 2.57. The first-order valence-electron chi connectivity index (χ1n) is 7.62. The number of likely N-dealkylation sites (N-methyl/N-ethyl adjacent to an activating group) is 1. The van der Waals surface area contributed by atoms with Crippen LogP contribution in [0.4, 0.5) is 0 Å². The molecule has 0 saturated heterocycles. The molecule has 0 radical (unpaired) electrons. The fourth-order valence-corrected chi connectivity index (χ4v) is 2.93. The Balaban J connectivity index is 1.80. The van der Waals surface area contributed by atoms with Gasteiger partial charge < -0.3 is 4.98 Å². The highest BCUT2D eigenvalue weighted by molar-refractivity contribution is 6.31. The molecular formula is C19H19ClN2O. The quantitative estimate of drug-likeness (QED) is 0.699. The molecule has 0 spiro atoms. The number of aromatic amines is 1. The Kier molecular flexibility index (Phi) is 4.51. The van der Waals surface area contributed by atoms with Crippen molar-refractivity contribution in [2.75, 3.05) is 7.05 Å². The van der Waals surface area contributed by atoms with Crippen LogP contribution in [0.5, 0.6) is 0 Å². The summed E-state index contributed by atoms with van der Waals surface area (Å²) in [6, 6.07) is 15.4. The van der Waals surface area contributed by atoms with E-state index in [1.165, 1.54) is 0 Å². The largest absolute Gasteiger partial charge is 0.360 e. The van der Waals surface area contributed by atoms with Crippen molar-refractivity contribution in [3.05, 3.63) is 70.9 Å². The smallest absolute Gasteiger partial charge is 0.181 e. The first kappa shape index (κ1) is 15.8. The second-order valence-corrected chi connectivity index (χ2v) is 6.20. The van der Waals surface area contributed by atoms with E-state index in [4.69, 9.17) is 11.6 Å². The van der Waals surface area contributed by atoms with Crippen molar-refractivity contribution in [1.29, 1.82) is 0 Å². The van der Waals surface area contributed by atoms with Gasteiger partial charge in [0, 0.05) is 34.2 Å². The fourth-order valence-electron chi connectivity index (χ4n) is 2.73. The number of nitrogens with one attached hydrogen (secondary N) is 1. The average molecular weight is 327 g/mol. The van der Waals surface area contributed by atoms with E-state index in [-0.39, 0.29) is 11.8 Å². The minimum absolute atomic E-state index is 0.108. The number of hydrogen-bond donors (Lipinski definition) is 1. The minimum Gasteiger partial charge on any atom is -0.360 e. The number of rotatable bonds is 5. The zero-order valence-electron chi connectivity index (χ0n) is 13.2. The molecule has 3 rings (SSSR count). The molecule has 23 heavy (non-hydrogen) atoms. The van der Waals surface area contributed by atoms with Crippen molar-refractivity contribution in [1.82, 2.24) is 9.88 Å². The van der Waals surface area contributed by atoms with E-state index in [2.05, 4.69) is 4.98 Å². The summed E-state index contributed by atoms with van der Waals surface area (Å²) in [5, 5.41) is 1.70. The molecule has 0 aliphatic carbocycles. The lowest BCUT2D eigenvalue weighted by atomic mass is 10.0. The van der Waals surface area contributed by atoms with E-state index in [9.17, 15) is 4.79 Å². The van der Waals surface area contributed by atoms with Crippen LogP contribution >= 0.6 is 11.6 Å². The molecule has 0 amide bonds. The van der Waals surface area contributed by atoms with Gasteiger partial charge in [0.05, 0.1) is 6.04 Å². The number of aromatic nitrogens is 1. The summed E-state index contributed by atoms with van der Waals surface area (Å²) in [4.78, 5) is 18.0. The molecule has 0 aliphatic rings. The van der Waals surface area contributed by atoms with Crippen LogP contribution in [0.15, 0.2) is 54.7 Å². The minimum atomic E-state index is -0.231. The van der Waals surface area contributed by atoms with E-state index in [0.717, 1.165) is 27.1 Å². The third-order valence-corrected chi connectivity index (χ3v) is 4.64. The topological polar surface area (TPSA) is 36.1 Å². The maximum atomic E-state index is 12.8. The number of H-pyrrole nitrogens is 1. The number of para-hydroxylation sites is 1. The summed E-state index contributed by atoms with van der Waals surface area (Å²) in [6.07, 6.45) is 1.80. The lowest BCUT2D eigenvalue weighted by molar-refractivity contribution is 0.0864. The average Bonchev–Trinajstić information content (AvgIpc) is 2.99. The third kappa shape index (κ3) is 3.16. The number of halogens is 1. The van der Waals surface area contributed by atoms with Crippen LogP contribution in [0.25, 0.3) is 10.9 Å². The van der Waals surface area contributed by atoms with E-state index in [1.54, 1.807) is 6.20 Å². The predicted octanol–water partition coefficient (Wildman–Crippen LogP) is 4.52. The van der Waals surface area contributed by atoms with Gasteiger partial charge in [-0.15, -0.1) is 0 Å². The number of Topliss-reactive ketones (excluding diaryl/α,β-unsaturated/α-hetero) is 1. The van der Waals surface area contributed by atoms with E-state index in [0.29, 0.717) is 6.54 Å². The molecule has 0 saturated carbocycles. The van der Waals surface area contributed by atoms with E-state index < -0.39 is 0 Å². The van der Waals surface area contributed by atoms with Crippen molar-refractivity contribution >= 4 is 28.3 Å². The molecule has 3 aromatic rings. The number of fused-ring (bicyclic) bond motifs is 1. The van der Waals surface area contributed by atoms with Gasteiger partial charge in [-0.1, -0.05) is 48.0 Å². The Labute approximate surface area is 140 Å². The zero-order chi connectivity index (χ0) is 16.4. The summed E-state index contributed by atoms with van der Waals surface area (Å²) >= 11 is 6.21. The van der Waals surface area contributed by atoms with Crippen molar-refractivity contribution in [2.45, 2.75) is 19.5 Å². The Morgan fingerprint density at radius 2 is 1.87 bits per heavy atom. The van der Waals surface area contributed by atoms with Gasteiger partial charge in [-0.05, 0) is 31.7 Å². The molecule has 3 nitrogen and oxygen atoms in total. The molecule has 4 heteroatoms. The molecule has 0 bridgehead atoms. The van der Waals surface area contributed by atoms with Gasteiger partial charge in [-0.25, -0.2) is 0 Å². The van der Waals surface area contributed by atoms with Crippen LogP contribution in [0.3, 0.4) is 0 Å². The maximum absolute atomic E-state index is 12.8. The molecule has 1 atom stereocenters. The summed E-state index contributed by atoms with van der Waals surface area (Å²) in [5.41, 5.74) is 2.74. The summed E-state index contributed by atoms with van der Waals surface area (Å²) in [5.74, 6) is 0.108. The van der Waals surface area contributed by atoms with Crippen LogP contribution < -0.4 is 0 Å². The van der Waals surface area contributed by atoms with Crippen molar-refractivity contribution in [2.24, 2.45) is 0 Å². The highest BCUT2D eigenvalue weighted by Crippen LogP contribution is 2.22. The first-order valence-corrected chi connectivity index (χ1v) is 7.99. The van der Waals surface area contributed by atoms with Crippen LogP contribution in [-0.4, -0.2) is 28.8 Å². The van der Waals surface area contributed by atoms with Gasteiger partial charge in [-0.3, -0.25) is 9.69 Å². The van der Waals surface area contributed by atoms with Crippen molar-refractivity contribution in [3.63, 3.8) is 0 Å². The number of hydrogen-bond acceptors (Lipinski definition) is 2. The molecule has 0 aliphatic heterocycles. The van der Waals surface area contributed by atoms with Crippen molar-refractivity contribution < 1.29 is 4.79 Å². The molecule has 1 heterocycles. The van der Waals surface area contributed by atoms with Gasteiger partial charge in [0.2, 0.25) is 0 Å². The van der Waals surface area contributed by atoms with Gasteiger partial charge >= 0.3 is 0 Å². The van der Waals surface area contributed by atoms with E-state index >= 15 is 0 Å². The monoisotopic (exact) mass is 326 g/mol. The fraction of sp³-hybridized carbons (Fsp3) is 0.211. The summed E-state index contributed by atoms with van der Waals surface area (Å²) < 4.78 is 0. The highest BCUT2D eigenvalue weighted by atomic mass is 35.5. The normalized spacial score (nSPS) is 12.7. The van der Waals surface area contributed by atoms with Gasteiger partial charge in [-0.2, -0.15) is 0 Å². The number of ketones is 1. The number of carbonyl (C=O) groups is 1. The standard InChI is InChI=1S/C19H19ClN2O/c1-13(22(2)12-14-7-3-5-9-17(14)20)19(23)16-11-21-18-10-6-4-8-15(16)18/h3-11,13,21H,12H2,1-2H3/t13-/m1/s1. The maximum Gasteiger partial charge on any atom is 0.181 e. The molecule has 1 aromatic heterocycles. The van der Waals surface area contributed by atoms with Gasteiger partial charge in [0.25, 0.3) is 0 Å². The third-order valence-electron chi connectivity index (χ3n) is 4.27. The molecule has 2 aromatic carbocycles. The molecule has 118 valence electrons. The van der Waals surface area contributed by atoms with E-state index in [1.807, 2.05) is 67.4 Å². The lowest BCUT2D eigenvalue weighted by Gasteiger charge is -2.24. The molecular weight excluding hydrogens is 308 g/mol. The van der Waals surface area contributed by atoms with Crippen LogP contribution in [0, 0.1) is 0 Å². The number of benzene rings is 2. The van der Waals surface area contributed by atoms with Crippen LogP contribution in [0.2, 0.25) is 5.02 Å². The zero-order valence-corrected chi connectivity index (χ0v) is 14.0. The molecule has 1 N–H and O–H groups in total. The van der Waals surface area contributed by atoms with Gasteiger partial charge in [0.15, 0.2) is 5.78 Å². The Morgan fingerprint density at radius 1 is 1.17 bits per heavy atom. The van der Waals surface area contributed by atoms with Crippen LogP contribution in [-0.2, 0) is 6.54 Å². The second kappa shape index (κ2) is 6.57. The SMILES string of the molecule is C[C@H](C(=O)c1c[nH]c2ccccc12)N(C)Cc1ccccc1Cl. The van der Waals surface area contributed by atoms with Gasteiger partial charge in [0.1, 0.15) is 0 Å².